The summed E-state index contributed by atoms with van der Waals surface area (Å²) in [6.45, 7) is 11.4. The van der Waals surface area contributed by atoms with Crippen LogP contribution in [0, 0.1) is 17.9 Å². The Morgan fingerprint density at radius 2 is 1.33 bits per heavy atom. The predicted octanol–water partition coefficient (Wildman–Crippen LogP) is 12.1. The van der Waals surface area contributed by atoms with E-state index < -0.39 is 8.07 Å². The van der Waals surface area contributed by atoms with Gasteiger partial charge in [-0.1, -0.05) is 111 Å². The molecule has 0 atom stereocenters. The van der Waals surface area contributed by atoms with Gasteiger partial charge < -0.3 is 14.4 Å². The molecule has 1 radical (unpaired) electrons. The van der Waals surface area contributed by atoms with E-state index in [2.05, 4.69) is 128 Å². The number of aromatic nitrogens is 2. The Labute approximate surface area is 320 Å². The molecule has 52 heavy (non-hydrogen) atoms. The van der Waals surface area contributed by atoms with Crippen LogP contribution in [0.15, 0.2) is 144 Å². The predicted molar refractivity (Wildman–Crippen MR) is 212 cm³/mol. The van der Waals surface area contributed by atoms with E-state index in [1.54, 1.807) is 12.1 Å². The van der Waals surface area contributed by atoms with Gasteiger partial charge in [0, 0.05) is 37.9 Å². The fourth-order valence-corrected chi connectivity index (χ4v) is 7.10. The SMILES string of the molecule is CC(C)c1ccnc(-c2[c-]cc3oc4ccc(-c5ccc(F)cc5)cc4c3c2)c1.C[Si](C)(C)c1ccc(-c2[c-]ccc(-c3ccccc3)c2)nc1.[Ir]. The van der Waals surface area contributed by atoms with E-state index in [1.165, 1.54) is 34.0 Å². The van der Waals surface area contributed by atoms with Crippen molar-refractivity contribution in [1.29, 1.82) is 0 Å². The van der Waals surface area contributed by atoms with Crippen LogP contribution in [0.1, 0.15) is 25.3 Å². The molecular weight excluding hydrogens is 836 g/mol. The van der Waals surface area contributed by atoms with Crippen molar-refractivity contribution in [3.8, 4) is 44.8 Å². The second-order valence-corrected chi connectivity index (χ2v) is 19.2. The Morgan fingerprint density at radius 1 is 0.635 bits per heavy atom. The summed E-state index contributed by atoms with van der Waals surface area (Å²) in [6, 6.07) is 48.3. The largest absolute Gasteiger partial charge is 0.500 e. The van der Waals surface area contributed by atoms with Crippen molar-refractivity contribution in [2.75, 3.05) is 0 Å². The van der Waals surface area contributed by atoms with Gasteiger partial charge >= 0.3 is 0 Å². The molecule has 0 amide bonds. The molecule has 3 aromatic heterocycles. The van der Waals surface area contributed by atoms with Gasteiger partial charge in [-0.2, -0.15) is 0 Å². The van der Waals surface area contributed by atoms with Crippen molar-refractivity contribution in [2.45, 2.75) is 39.4 Å². The molecule has 0 saturated carbocycles. The average molecular weight is 875 g/mol. The van der Waals surface area contributed by atoms with Crippen molar-refractivity contribution in [3.05, 3.63) is 163 Å². The van der Waals surface area contributed by atoms with Crippen LogP contribution in [-0.4, -0.2) is 18.0 Å². The first kappa shape index (κ1) is 36.8. The van der Waals surface area contributed by atoms with Crippen LogP contribution < -0.4 is 5.19 Å². The Kier molecular flexibility index (Phi) is 11.1. The number of halogens is 1. The molecule has 6 heteroatoms. The van der Waals surface area contributed by atoms with Crippen molar-refractivity contribution in [3.63, 3.8) is 0 Å². The molecule has 0 fully saturated rings. The van der Waals surface area contributed by atoms with E-state index in [0.29, 0.717) is 5.92 Å². The second-order valence-electron chi connectivity index (χ2n) is 14.1. The maximum Gasteiger partial charge on any atom is 0.123 e. The summed E-state index contributed by atoms with van der Waals surface area (Å²) in [6.07, 6.45) is 3.88. The van der Waals surface area contributed by atoms with Gasteiger partial charge in [0.25, 0.3) is 0 Å². The fraction of sp³-hybridized carbons (Fsp3) is 0.130. The summed E-state index contributed by atoms with van der Waals surface area (Å²) in [4.78, 5) is 9.19. The van der Waals surface area contributed by atoms with E-state index in [0.717, 1.165) is 55.6 Å². The smallest absolute Gasteiger partial charge is 0.123 e. The molecule has 5 aromatic carbocycles. The minimum atomic E-state index is -1.29. The molecule has 0 saturated heterocycles. The first-order valence-electron chi connectivity index (χ1n) is 17.3. The number of fused-ring (bicyclic) bond motifs is 3. The summed E-state index contributed by atoms with van der Waals surface area (Å²) in [5.74, 6) is 0.202. The minimum Gasteiger partial charge on any atom is -0.500 e. The van der Waals surface area contributed by atoms with Crippen molar-refractivity contribution in [1.82, 2.24) is 9.97 Å². The van der Waals surface area contributed by atoms with Gasteiger partial charge in [0.05, 0.1) is 13.7 Å². The number of benzene rings is 5. The van der Waals surface area contributed by atoms with Crippen LogP contribution in [-0.2, 0) is 20.1 Å². The van der Waals surface area contributed by atoms with Gasteiger partial charge in [0.1, 0.15) is 11.4 Å². The van der Waals surface area contributed by atoms with Gasteiger partial charge in [0.15, 0.2) is 0 Å². The number of hydrogen-bond donors (Lipinski definition) is 0. The van der Waals surface area contributed by atoms with Gasteiger partial charge in [-0.3, -0.25) is 0 Å². The number of rotatable bonds is 6. The monoisotopic (exact) mass is 875 g/mol. The normalized spacial score (nSPS) is 11.3. The van der Waals surface area contributed by atoms with Gasteiger partial charge in [-0.25, -0.2) is 4.39 Å². The van der Waals surface area contributed by atoms with Crippen LogP contribution >= 0.6 is 0 Å². The third-order valence-electron chi connectivity index (χ3n) is 9.12. The number of furan rings is 1. The molecule has 0 bridgehead atoms. The zero-order valence-electron chi connectivity index (χ0n) is 29.9. The summed E-state index contributed by atoms with van der Waals surface area (Å²) >= 11 is 0. The van der Waals surface area contributed by atoms with E-state index in [1.807, 2.05) is 42.7 Å². The molecule has 8 aromatic rings. The van der Waals surface area contributed by atoms with Gasteiger partial charge in [-0.15, -0.1) is 59.2 Å². The first-order valence-corrected chi connectivity index (χ1v) is 20.8. The van der Waals surface area contributed by atoms with Crippen molar-refractivity contribution in [2.24, 2.45) is 0 Å². The Balaban J connectivity index is 0.000000182. The third-order valence-corrected chi connectivity index (χ3v) is 11.1. The molecular formula is C46H39FIrN2OSi-2. The van der Waals surface area contributed by atoms with E-state index in [9.17, 15) is 4.39 Å². The van der Waals surface area contributed by atoms with Gasteiger partial charge in [-0.05, 0) is 69.5 Å². The molecule has 3 nitrogen and oxygen atoms in total. The third kappa shape index (κ3) is 8.21. The average Bonchev–Trinajstić information content (AvgIpc) is 3.53. The van der Waals surface area contributed by atoms with E-state index in [-0.39, 0.29) is 25.9 Å². The molecule has 8 rings (SSSR count). The van der Waals surface area contributed by atoms with Crippen LogP contribution in [0.25, 0.3) is 66.7 Å². The summed E-state index contributed by atoms with van der Waals surface area (Å²) in [5.41, 5.74) is 11.1. The zero-order valence-corrected chi connectivity index (χ0v) is 33.3. The molecule has 0 aliphatic heterocycles. The molecule has 3 heterocycles. The van der Waals surface area contributed by atoms with Crippen molar-refractivity contribution >= 4 is 35.2 Å². The quantitative estimate of drug-likeness (QED) is 0.123. The molecule has 0 unspecified atom stereocenters. The number of pyridine rings is 2. The number of nitrogens with zero attached hydrogens (tertiary/aromatic N) is 2. The summed E-state index contributed by atoms with van der Waals surface area (Å²) in [5, 5.41) is 3.43. The molecule has 0 spiro atoms. The van der Waals surface area contributed by atoms with E-state index in [4.69, 9.17) is 4.42 Å². The molecule has 261 valence electrons. The van der Waals surface area contributed by atoms with Crippen LogP contribution in [0.5, 0.6) is 0 Å². The van der Waals surface area contributed by atoms with Crippen molar-refractivity contribution < 1.29 is 28.9 Å². The zero-order chi connectivity index (χ0) is 35.5. The van der Waals surface area contributed by atoms with Crippen LogP contribution in [0.4, 0.5) is 4.39 Å². The number of hydrogen-bond acceptors (Lipinski definition) is 3. The molecule has 0 aliphatic carbocycles. The summed E-state index contributed by atoms with van der Waals surface area (Å²) < 4.78 is 19.3. The van der Waals surface area contributed by atoms with Crippen LogP contribution in [0.2, 0.25) is 19.6 Å². The summed E-state index contributed by atoms with van der Waals surface area (Å²) in [7, 11) is -1.29. The van der Waals surface area contributed by atoms with E-state index >= 15 is 0 Å². The first-order chi connectivity index (χ1) is 24.6. The Hall–Kier alpha value is -5.00. The standard InChI is InChI=1S/C26H19FNO.C20H20NSi.Ir/c1-16(2)18-11-12-28-24(15-18)20-6-10-26-23(14-20)22-13-19(5-9-25(22)29-26)17-3-7-21(27)8-4-17;1-22(2,3)19-12-13-20(21-15-19)18-11-7-10-17(14-18)16-8-5-4-6-9-16;/h3-5,7-16H,1-2H3;4-10,12-15H,1-3H3;/q2*-1;. The molecule has 0 aliphatic rings. The Morgan fingerprint density at radius 3 is 2.04 bits per heavy atom. The maximum absolute atomic E-state index is 13.3. The molecule has 0 N–H and O–H groups in total. The maximum atomic E-state index is 13.3. The van der Waals surface area contributed by atoms with Crippen LogP contribution in [0.3, 0.4) is 0 Å². The second kappa shape index (κ2) is 15.7. The Bertz CT molecular complexity index is 2430. The van der Waals surface area contributed by atoms with Gasteiger partial charge in [0.2, 0.25) is 0 Å². The topological polar surface area (TPSA) is 38.9 Å². The minimum absolute atomic E-state index is 0. The fourth-order valence-electron chi connectivity index (χ4n) is 6.07.